The Morgan fingerprint density at radius 2 is 1.86 bits per heavy atom. The lowest BCUT2D eigenvalue weighted by molar-refractivity contribution is -0.274. The Morgan fingerprint density at radius 3 is 2.41 bits per heavy atom. The zero-order valence-electron chi connectivity index (χ0n) is 14.9. The average Bonchev–Trinajstić information content (AvgIpc) is 2.68. The van der Waals surface area contributed by atoms with Gasteiger partial charge in [0.2, 0.25) is 0 Å². The molecule has 0 bridgehead atoms. The number of pyridine rings is 1. The van der Waals surface area contributed by atoms with Gasteiger partial charge in [-0.05, 0) is 65.2 Å². The molecule has 1 aliphatic rings. The van der Waals surface area contributed by atoms with Crippen molar-refractivity contribution in [3.05, 3.63) is 52.3 Å². The molecule has 1 aromatic carbocycles. The average molecular weight is 470 g/mol. The molecular weight excluding hydrogens is 455 g/mol. The van der Waals surface area contributed by atoms with Crippen molar-refractivity contribution < 1.29 is 27.4 Å². The Kier molecular flexibility index (Phi) is 6.10. The molecule has 1 aromatic heterocycles. The third kappa shape index (κ3) is 5.05. The van der Waals surface area contributed by atoms with Gasteiger partial charge in [0, 0.05) is 18.9 Å². The number of nitrogens with zero attached hydrogens (tertiary/aromatic N) is 2. The Bertz CT molecular complexity index is 936. The summed E-state index contributed by atoms with van der Waals surface area (Å²) in [6, 6.07) is 10.3. The fourth-order valence-electron chi connectivity index (χ4n) is 2.95. The second kappa shape index (κ2) is 8.39. The number of rotatable bonds is 4. The van der Waals surface area contributed by atoms with E-state index < -0.39 is 17.7 Å². The van der Waals surface area contributed by atoms with Crippen LogP contribution in [0.15, 0.2) is 41.0 Å². The van der Waals surface area contributed by atoms with E-state index in [1.54, 1.807) is 12.1 Å². The van der Waals surface area contributed by atoms with Gasteiger partial charge in [0.25, 0.3) is 5.91 Å². The maximum atomic E-state index is 12.5. The van der Waals surface area contributed by atoms with E-state index in [1.165, 1.54) is 12.1 Å². The van der Waals surface area contributed by atoms with E-state index in [0.29, 0.717) is 37.4 Å². The summed E-state index contributed by atoms with van der Waals surface area (Å²) in [4.78, 5) is 16.9. The summed E-state index contributed by atoms with van der Waals surface area (Å²) in [6.07, 6.45) is -3.75. The molecule has 6 nitrogen and oxygen atoms in total. The van der Waals surface area contributed by atoms with Crippen molar-refractivity contribution >= 4 is 27.5 Å². The molecule has 0 atom stereocenters. The molecular formula is C19H15BrF3N3O3. The molecule has 29 heavy (non-hydrogen) atoms. The van der Waals surface area contributed by atoms with E-state index in [1.807, 2.05) is 0 Å². The molecule has 10 heteroatoms. The van der Waals surface area contributed by atoms with E-state index in [4.69, 9.17) is 4.74 Å². The van der Waals surface area contributed by atoms with Gasteiger partial charge in [0.1, 0.15) is 15.8 Å². The summed E-state index contributed by atoms with van der Waals surface area (Å²) < 4.78 is 46.0. The van der Waals surface area contributed by atoms with Gasteiger partial charge in [-0.15, -0.1) is 13.2 Å². The molecule has 0 aliphatic carbocycles. The number of alkyl halides is 3. The van der Waals surface area contributed by atoms with Crippen LogP contribution in [0.4, 0.5) is 18.9 Å². The highest BCUT2D eigenvalue weighted by Crippen LogP contribution is 2.34. The highest BCUT2D eigenvalue weighted by molar-refractivity contribution is 9.10. The van der Waals surface area contributed by atoms with Crippen molar-refractivity contribution in [2.24, 2.45) is 0 Å². The predicted octanol–water partition coefficient (Wildman–Crippen LogP) is 4.57. The van der Waals surface area contributed by atoms with Gasteiger partial charge in [-0.1, -0.05) is 0 Å². The highest BCUT2D eigenvalue weighted by atomic mass is 79.9. The number of amides is 1. The molecule has 0 spiro atoms. The normalized spacial score (nSPS) is 16.0. The number of carbonyl (C=O) groups excluding carboxylic acids is 1. The molecule has 1 saturated heterocycles. The fourth-order valence-corrected chi connectivity index (χ4v) is 3.46. The predicted molar refractivity (Wildman–Crippen MR) is 100 cm³/mol. The molecule has 2 heterocycles. The molecule has 3 rings (SSSR count). The maximum Gasteiger partial charge on any atom is 0.573 e. The lowest BCUT2D eigenvalue weighted by atomic mass is 9.78. The minimum atomic E-state index is -4.78. The summed E-state index contributed by atoms with van der Waals surface area (Å²) in [7, 11) is 0. The summed E-state index contributed by atoms with van der Waals surface area (Å²) in [5.74, 6) is -0.889. The molecule has 0 unspecified atom stereocenters. The third-order valence-electron chi connectivity index (χ3n) is 4.49. The molecule has 1 aliphatic heterocycles. The highest BCUT2D eigenvalue weighted by Gasteiger charge is 2.36. The van der Waals surface area contributed by atoms with E-state index in [2.05, 4.69) is 37.0 Å². The Hall–Kier alpha value is -2.64. The van der Waals surface area contributed by atoms with Crippen molar-refractivity contribution in [2.45, 2.75) is 24.6 Å². The van der Waals surface area contributed by atoms with Gasteiger partial charge in [0.05, 0.1) is 17.3 Å². The van der Waals surface area contributed by atoms with Crippen molar-refractivity contribution in [1.82, 2.24) is 4.98 Å². The smallest absolute Gasteiger partial charge is 0.406 e. The van der Waals surface area contributed by atoms with Gasteiger partial charge in [-0.3, -0.25) is 4.79 Å². The maximum absolute atomic E-state index is 12.5. The number of hydrogen-bond acceptors (Lipinski definition) is 5. The van der Waals surface area contributed by atoms with E-state index in [-0.39, 0.29) is 15.9 Å². The van der Waals surface area contributed by atoms with Gasteiger partial charge in [-0.2, -0.15) is 5.26 Å². The van der Waals surface area contributed by atoms with Crippen molar-refractivity contribution in [2.75, 3.05) is 18.5 Å². The summed E-state index contributed by atoms with van der Waals surface area (Å²) in [6.45, 7) is 0.923. The zero-order valence-corrected chi connectivity index (χ0v) is 16.5. The van der Waals surface area contributed by atoms with E-state index >= 15 is 0 Å². The number of nitriles is 1. The summed E-state index contributed by atoms with van der Waals surface area (Å²) in [5.41, 5.74) is 0.313. The molecule has 1 fully saturated rings. The van der Waals surface area contributed by atoms with Crippen LogP contribution in [-0.4, -0.2) is 30.5 Å². The zero-order chi connectivity index (χ0) is 21.1. The standard InChI is InChI=1S/C19H15BrF3N3O3/c20-16-14(5-6-15(26-16)18(11-24)7-9-28-10-8-18)17(27)25-12-1-3-13(4-2-12)29-19(21,22)23/h1-6H,7-10H2,(H,25,27). The van der Waals surface area contributed by atoms with Crippen LogP contribution in [0.5, 0.6) is 5.75 Å². The van der Waals surface area contributed by atoms with E-state index in [9.17, 15) is 23.2 Å². The SMILES string of the molecule is N#CC1(c2ccc(C(=O)Nc3ccc(OC(F)(F)F)cc3)c(Br)n2)CCOCC1. The van der Waals surface area contributed by atoms with Crippen LogP contribution in [-0.2, 0) is 10.2 Å². The third-order valence-corrected chi connectivity index (χ3v) is 5.09. The molecule has 0 radical (unpaired) electrons. The number of nitrogens with one attached hydrogen (secondary N) is 1. The number of ether oxygens (including phenoxy) is 2. The van der Waals surface area contributed by atoms with Gasteiger partial charge in [0.15, 0.2) is 0 Å². The lowest BCUT2D eigenvalue weighted by Crippen LogP contribution is -2.33. The number of benzene rings is 1. The topological polar surface area (TPSA) is 84.2 Å². The Morgan fingerprint density at radius 1 is 1.21 bits per heavy atom. The quantitative estimate of drug-likeness (QED) is 0.663. The number of aromatic nitrogens is 1. The van der Waals surface area contributed by atoms with Gasteiger partial charge < -0.3 is 14.8 Å². The minimum Gasteiger partial charge on any atom is -0.406 e. The number of anilines is 1. The first-order valence-corrected chi connectivity index (χ1v) is 9.35. The second-order valence-electron chi connectivity index (χ2n) is 6.37. The molecule has 152 valence electrons. The first-order chi connectivity index (χ1) is 13.7. The van der Waals surface area contributed by atoms with Crippen LogP contribution in [0.3, 0.4) is 0 Å². The monoisotopic (exact) mass is 469 g/mol. The first kappa shape index (κ1) is 21.1. The number of carbonyl (C=O) groups is 1. The first-order valence-electron chi connectivity index (χ1n) is 8.56. The van der Waals surface area contributed by atoms with Gasteiger partial charge in [-0.25, -0.2) is 4.98 Å². The van der Waals surface area contributed by atoms with E-state index in [0.717, 1.165) is 12.1 Å². The molecule has 1 amide bonds. The van der Waals surface area contributed by atoms with Crippen LogP contribution in [0.1, 0.15) is 28.9 Å². The van der Waals surface area contributed by atoms with Crippen molar-refractivity contribution in [3.8, 4) is 11.8 Å². The van der Waals surface area contributed by atoms with Crippen molar-refractivity contribution in [3.63, 3.8) is 0 Å². The van der Waals surface area contributed by atoms with Crippen LogP contribution in [0, 0.1) is 11.3 Å². The Balaban J connectivity index is 1.74. The number of halogens is 4. The minimum absolute atomic E-state index is 0.226. The van der Waals surface area contributed by atoms with Crippen LogP contribution >= 0.6 is 15.9 Å². The summed E-state index contributed by atoms with van der Waals surface area (Å²) in [5, 5.41) is 12.2. The summed E-state index contributed by atoms with van der Waals surface area (Å²) >= 11 is 3.27. The molecule has 2 aromatic rings. The largest absolute Gasteiger partial charge is 0.573 e. The number of hydrogen-bond donors (Lipinski definition) is 1. The van der Waals surface area contributed by atoms with Crippen LogP contribution in [0.2, 0.25) is 0 Å². The molecule has 0 saturated carbocycles. The lowest BCUT2D eigenvalue weighted by Gasteiger charge is -2.30. The molecule has 1 N–H and O–H groups in total. The second-order valence-corrected chi connectivity index (χ2v) is 7.12. The Labute approximate surface area is 172 Å². The van der Waals surface area contributed by atoms with Crippen LogP contribution in [0.25, 0.3) is 0 Å². The van der Waals surface area contributed by atoms with Crippen LogP contribution < -0.4 is 10.1 Å². The van der Waals surface area contributed by atoms with Crippen molar-refractivity contribution in [1.29, 1.82) is 5.26 Å². The fraction of sp³-hybridized carbons (Fsp3) is 0.316. The van der Waals surface area contributed by atoms with Gasteiger partial charge >= 0.3 is 6.36 Å².